The lowest BCUT2D eigenvalue weighted by Crippen LogP contribution is -2.17. The van der Waals surface area contributed by atoms with E-state index in [0.717, 1.165) is 19.3 Å². The average molecular weight is 190 g/mol. The molecule has 2 atom stereocenters. The van der Waals surface area contributed by atoms with Gasteiger partial charge in [-0.2, -0.15) is 5.26 Å². The second-order valence-corrected chi connectivity index (χ2v) is 3.40. The van der Waals surface area contributed by atoms with Crippen molar-refractivity contribution in [3.8, 4) is 0 Å². The van der Waals surface area contributed by atoms with E-state index in [-0.39, 0.29) is 6.10 Å². The molecular weight excluding hydrogens is 172 g/mol. The number of ether oxygens (including phenoxy) is 1. The summed E-state index contributed by atoms with van der Waals surface area (Å²) in [5, 5.41) is 7.95. The summed E-state index contributed by atoms with van der Waals surface area (Å²) in [6.45, 7) is 6.00. The van der Waals surface area contributed by atoms with Gasteiger partial charge in [0, 0.05) is 0 Å². The molecule has 0 saturated heterocycles. The van der Waals surface area contributed by atoms with Crippen molar-refractivity contribution in [3.63, 3.8) is 0 Å². The summed E-state index contributed by atoms with van der Waals surface area (Å²) in [5.41, 5.74) is 0. The van der Waals surface area contributed by atoms with Gasteiger partial charge >= 0.3 is 6.16 Å². The van der Waals surface area contributed by atoms with Gasteiger partial charge in [0.1, 0.15) is 6.10 Å². The van der Waals surface area contributed by atoms with E-state index in [4.69, 9.17) is 9.99 Å². The smallest absolute Gasteiger partial charge is 0.429 e. The van der Waals surface area contributed by atoms with E-state index in [1.165, 1.54) is 0 Å². The van der Waals surface area contributed by atoms with Crippen LogP contribution in [0.15, 0.2) is 0 Å². The van der Waals surface area contributed by atoms with Gasteiger partial charge in [0.15, 0.2) is 0 Å². The van der Waals surface area contributed by atoms with Gasteiger partial charge in [0.05, 0.1) is 0 Å². The highest BCUT2D eigenvalue weighted by Crippen LogP contribution is 2.14. The van der Waals surface area contributed by atoms with Crippen LogP contribution >= 0.6 is 0 Å². The van der Waals surface area contributed by atoms with Crippen LogP contribution in [0, 0.1) is 5.92 Å². The quantitative estimate of drug-likeness (QED) is 0.411. The van der Waals surface area contributed by atoms with Crippen LogP contribution < -0.4 is 0 Å². The third-order valence-electron chi connectivity index (χ3n) is 1.89. The molecule has 13 heavy (non-hydrogen) atoms. The van der Waals surface area contributed by atoms with E-state index in [1.807, 2.05) is 0 Å². The average Bonchev–Trinajstić information content (AvgIpc) is 2.04. The van der Waals surface area contributed by atoms with E-state index >= 15 is 0 Å². The van der Waals surface area contributed by atoms with Crippen molar-refractivity contribution in [2.75, 3.05) is 0 Å². The topological polar surface area (TPSA) is 55.8 Å². The number of hydrogen-bond donors (Lipinski definition) is 1. The van der Waals surface area contributed by atoms with Gasteiger partial charge in [-0.25, -0.2) is 4.79 Å². The first-order chi connectivity index (χ1) is 6.10. The maximum Gasteiger partial charge on any atom is 0.540 e. The standard InChI is InChI=1S/C9H18O4/c1-4-5-7(2)6-8(3)12-9(10)13-11/h7-8,11H,4-6H2,1-3H3. The zero-order chi connectivity index (χ0) is 10.3. The van der Waals surface area contributed by atoms with Gasteiger partial charge < -0.3 is 4.74 Å². The lowest BCUT2D eigenvalue weighted by atomic mass is 9.99. The fourth-order valence-electron chi connectivity index (χ4n) is 1.41. The van der Waals surface area contributed by atoms with E-state index in [9.17, 15) is 4.79 Å². The van der Waals surface area contributed by atoms with E-state index in [0.29, 0.717) is 5.92 Å². The maximum atomic E-state index is 10.5. The van der Waals surface area contributed by atoms with Crippen LogP contribution in [0.2, 0.25) is 0 Å². The summed E-state index contributed by atoms with van der Waals surface area (Å²) in [7, 11) is 0. The van der Waals surface area contributed by atoms with Crippen molar-refractivity contribution < 1.29 is 19.7 Å². The Morgan fingerprint density at radius 3 is 2.54 bits per heavy atom. The largest absolute Gasteiger partial charge is 0.540 e. The van der Waals surface area contributed by atoms with E-state index in [1.54, 1.807) is 6.92 Å². The Morgan fingerprint density at radius 2 is 2.08 bits per heavy atom. The Bertz CT molecular complexity index is 147. The van der Waals surface area contributed by atoms with Crippen molar-refractivity contribution in [1.29, 1.82) is 0 Å². The third-order valence-corrected chi connectivity index (χ3v) is 1.89. The molecule has 0 saturated carbocycles. The molecule has 0 amide bonds. The van der Waals surface area contributed by atoms with Crippen molar-refractivity contribution >= 4 is 6.16 Å². The molecule has 1 N–H and O–H groups in total. The molecule has 0 radical (unpaired) electrons. The van der Waals surface area contributed by atoms with Crippen molar-refractivity contribution in [2.45, 2.75) is 46.1 Å². The SMILES string of the molecule is CCCC(C)CC(C)OC(=O)OO. The second kappa shape index (κ2) is 6.71. The number of carbonyl (C=O) groups excluding carboxylic acids is 1. The van der Waals surface area contributed by atoms with Crippen LogP contribution in [0.5, 0.6) is 0 Å². The van der Waals surface area contributed by atoms with Crippen molar-refractivity contribution in [3.05, 3.63) is 0 Å². The highest BCUT2D eigenvalue weighted by atomic mass is 17.1. The minimum absolute atomic E-state index is 0.207. The monoisotopic (exact) mass is 190 g/mol. The minimum atomic E-state index is -1.03. The van der Waals surface area contributed by atoms with Gasteiger partial charge in [0.25, 0.3) is 0 Å². The molecule has 0 spiro atoms. The van der Waals surface area contributed by atoms with Gasteiger partial charge in [0.2, 0.25) is 0 Å². The summed E-state index contributed by atoms with van der Waals surface area (Å²) in [6.07, 6.45) is 1.79. The highest BCUT2D eigenvalue weighted by molar-refractivity contribution is 5.59. The number of rotatable bonds is 5. The minimum Gasteiger partial charge on any atom is -0.429 e. The van der Waals surface area contributed by atoms with Gasteiger partial charge in [-0.1, -0.05) is 26.7 Å². The van der Waals surface area contributed by atoms with E-state index < -0.39 is 6.16 Å². The summed E-state index contributed by atoms with van der Waals surface area (Å²) < 4.78 is 4.71. The van der Waals surface area contributed by atoms with Gasteiger partial charge in [-0.05, 0) is 19.3 Å². The normalized spacial score (nSPS) is 14.8. The highest BCUT2D eigenvalue weighted by Gasteiger charge is 2.13. The summed E-state index contributed by atoms with van der Waals surface area (Å²) in [6, 6.07) is 0. The molecule has 4 heteroatoms. The Morgan fingerprint density at radius 1 is 1.46 bits per heavy atom. The molecule has 78 valence electrons. The molecule has 0 aliphatic rings. The molecule has 0 aliphatic heterocycles. The van der Waals surface area contributed by atoms with Crippen molar-refractivity contribution in [2.24, 2.45) is 5.92 Å². The lowest BCUT2D eigenvalue weighted by molar-refractivity contribution is -0.205. The van der Waals surface area contributed by atoms with Crippen LogP contribution in [0.4, 0.5) is 4.79 Å². The molecular formula is C9H18O4. The summed E-state index contributed by atoms with van der Waals surface area (Å²) >= 11 is 0. The Labute approximate surface area is 78.8 Å². The maximum absolute atomic E-state index is 10.5. The molecule has 0 aromatic carbocycles. The van der Waals surface area contributed by atoms with Gasteiger partial charge in [-0.15, -0.1) is 0 Å². The molecule has 0 fully saturated rings. The molecule has 0 aliphatic carbocycles. The van der Waals surface area contributed by atoms with E-state index in [2.05, 4.69) is 18.7 Å². The molecule has 0 aromatic heterocycles. The second-order valence-electron chi connectivity index (χ2n) is 3.40. The zero-order valence-corrected chi connectivity index (χ0v) is 8.45. The molecule has 0 rings (SSSR count). The van der Waals surface area contributed by atoms with Crippen LogP contribution in [0.3, 0.4) is 0 Å². The Balaban J connectivity index is 3.60. The lowest BCUT2D eigenvalue weighted by Gasteiger charge is -2.15. The molecule has 0 heterocycles. The third kappa shape index (κ3) is 6.40. The van der Waals surface area contributed by atoms with Crippen LogP contribution in [-0.4, -0.2) is 17.5 Å². The molecule has 2 unspecified atom stereocenters. The molecule has 0 aromatic rings. The Hall–Kier alpha value is -0.770. The van der Waals surface area contributed by atoms with Gasteiger partial charge in [-0.3, -0.25) is 4.89 Å². The predicted octanol–water partition coefficient (Wildman–Crippen LogP) is 2.83. The fourth-order valence-corrected chi connectivity index (χ4v) is 1.41. The summed E-state index contributed by atoms with van der Waals surface area (Å²) in [5.74, 6) is 0.520. The number of carbonyl (C=O) groups is 1. The van der Waals surface area contributed by atoms with Crippen molar-refractivity contribution in [1.82, 2.24) is 0 Å². The Kier molecular flexibility index (Phi) is 6.32. The number of hydrogen-bond acceptors (Lipinski definition) is 4. The first-order valence-corrected chi connectivity index (χ1v) is 4.62. The summed E-state index contributed by atoms with van der Waals surface area (Å²) in [4.78, 5) is 13.9. The zero-order valence-electron chi connectivity index (χ0n) is 8.45. The van der Waals surface area contributed by atoms with Crippen LogP contribution in [0.1, 0.15) is 40.0 Å². The fraction of sp³-hybridized carbons (Fsp3) is 0.889. The van der Waals surface area contributed by atoms with Crippen LogP contribution in [0.25, 0.3) is 0 Å². The van der Waals surface area contributed by atoms with Crippen LogP contribution in [-0.2, 0) is 9.62 Å². The first-order valence-electron chi connectivity index (χ1n) is 4.62. The molecule has 4 nitrogen and oxygen atoms in total. The first kappa shape index (κ1) is 12.2. The predicted molar refractivity (Wildman–Crippen MR) is 48.3 cm³/mol. The molecule has 0 bridgehead atoms.